The number of furan rings is 2. The molecular formula is C30H42N2O3S. The van der Waals surface area contributed by atoms with Crippen LogP contribution in [0.15, 0.2) is 46.0 Å². The van der Waals surface area contributed by atoms with E-state index in [-0.39, 0.29) is 16.9 Å². The maximum Gasteiger partial charge on any atom is 0.0950 e. The summed E-state index contributed by atoms with van der Waals surface area (Å²) in [6, 6.07) is 6.26. The van der Waals surface area contributed by atoms with Crippen LogP contribution in [0, 0.1) is 11.3 Å². The van der Waals surface area contributed by atoms with Crippen LogP contribution in [0.25, 0.3) is 0 Å². The van der Waals surface area contributed by atoms with E-state index in [4.69, 9.17) is 8.83 Å². The molecule has 196 valence electrons. The maximum absolute atomic E-state index is 11.7. The Labute approximate surface area is 220 Å². The Morgan fingerprint density at radius 1 is 0.944 bits per heavy atom. The van der Waals surface area contributed by atoms with Crippen molar-refractivity contribution in [1.29, 1.82) is 0 Å². The van der Waals surface area contributed by atoms with Crippen LogP contribution in [0.3, 0.4) is 0 Å². The molecule has 2 spiro atoms. The van der Waals surface area contributed by atoms with Gasteiger partial charge < -0.3 is 13.9 Å². The standard InChI is InChI=1S/C30H42N2O3S/c1-20-3-6-26(23-9-12-35-15-23)32-17-29(10-7-25(20)32)16-30(36-19-29)13-27(33)28-24(22-8-11-34-14-22)5-4-21(2)31(28)18-30/h8-9,11-12,14-15,20-21,24-28,33H,3-7,10,13,16-19H2,1-2H3/t20-,21-,24+,25+,26?,27-,28?,29+,30+/m1/s1. The average molecular weight is 511 g/mol. The fraction of sp³-hybridized carbons (Fsp3) is 0.733. The molecule has 1 N–H and O–H groups in total. The minimum absolute atomic E-state index is 0.182. The summed E-state index contributed by atoms with van der Waals surface area (Å²) in [7, 11) is 0. The molecule has 0 amide bonds. The van der Waals surface area contributed by atoms with Crippen LogP contribution < -0.4 is 0 Å². The van der Waals surface area contributed by atoms with Crippen LogP contribution in [0.5, 0.6) is 0 Å². The Balaban J connectivity index is 1.13. The third kappa shape index (κ3) is 3.85. The summed E-state index contributed by atoms with van der Waals surface area (Å²) < 4.78 is 11.2. The van der Waals surface area contributed by atoms with Crippen molar-refractivity contribution < 1.29 is 13.9 Å². The van der Waals surface area contributed by atoms with E-state index in [0.717, 1.165) is 25.3 Å². The number of hydrogen-bond donors (Lipinski definition) is 1. The zero-order chi connectivity index (χ0) is 24.5. The normalized spacial score (nSPS) is 45.7. The summed E-state index contributed by atoms with van der Waals surface area (Å²) in [5.41, 5.74) is 3.01. The van der Waals surface area contributed by atoms with Gasteiger partial charge in [-0.25, -0.2) is 0 Å². The molecule has 7 rings (SSSR count). The molecule has 9 atom stereocenters. The predicted molar refractivity (Wildman–Crippen MR) is 143 cm³/mol. The first-order valence-electron chi connectivity index (χ1n) is 14.3. The van der Waals surface area contributed by atoms with Crippen LogP contribution >= 0.6 is 11.8 Å². The fourth-order valence-electron chi connectivity index (χ4n) is 9.13. The monoisotopic (exact) mass is 510 g/mol. The largest absolute Gasteiger partial charge is 0.472 e. The highest BCUT2D eigenvalue weighted by molar-refractivity contribution is 8.01. The van der Waals surface area contributed by atoms with Crippen LogP contribution in [0.1, 0.15) is 88.3 Å². The molecule has 0 aromatic carbocycles. The van der Waals surface area contributed by atoms with Crippen molar-refractivity contribution in [1.82, 2.24) is 9.80 Å². The number of aliphatic hydroxyl groups excluding tert-OH is 1. The van der Waals surface area contributed by atoms with E-state index in [1.165, 1.54) is 61.9 Å². The Bertz CT molecular complexity index is 1040. The van der Waals surface area contributed by atoms with Crippen molar-refractivity contribution >= 4 is 11.8 Å². The van der Waals surface area contributed by atoms with E-state index >= 15 is 0 Å². The molecule has 6 heteroatoms. The second-order valence-electron chi connectivity index (χ2n) is 13.1. The molecule has 5 saturated heterocycles. The van der Waals surface area contributed by atoms with Gasteiger partial charge in [-0.1, -0.05) is 6.92 Å². The average Bonchev–Trinajstić information content (AvgIpc) is 3.63. The summed E-state index contributed by atoms with van der Waals surface area (Å²) >= 11 is 2.20. The van der Waals surface area contributed by atoms with E-state index < -0.39 is 0 Å². The number of nitrogens with zero attached hydrogens (tertiary/aromatic N) is 2. The first kappa shape index (κ1) is 23.9. The van der Waals surface area contributed by atoms with Crippen LogP contribution in [-0.2, 0) is 0 Å². The smallest absolute Gasteiger partial charge is 0.0950 e. The number of thioether (sulfide) groups is 1. The number of piperidine rings is 4. The van der Waals surface area contributed by atoms with Crippen molar-refractivity contribution in [3.63, 3.8) is 0 Å². The predicted octanol–water partition coefficient (Wildman–Crippen LogP) is 6.07. The summed E-state index contributed by atoms with van der Waals surface area (Å²) in [6.45, 7) is 7.19. The second-order valence-corrected chi connectivity index (χ2v) is 14.5. The van der Waals surface area contributed by atoms with E-state index in [0.29, 0.717) is 29.5 Å². The van der Waals surface area contributed by atoms with Crippen LogP contribution in [-0.4, -0.2) is 62.7 Å². The van der Waals surface area contributed by atoms with Gasteiger partial charge in [0.15, 0.2) is 0 Å². The number of hydrogen-bond acceptors (Lipinski definition) is 6. The molecule has 36 heavy (non-hydrogen) atoms. The van der Waals surface area contributed by atoms with Gasteiger partial charge in [-0.3, -0.25) is 9.80 Å². The van der Waals surface area contributed by atoms with Crippen LogP contribution in [0.4, 0.5) is 0 Å². The van der Waals surface area contributed by atoms with E-state index in [2.05, 4.69) is 47.5 Å². The molecule has 0 saturated carbocycles. The molecule has 0 bridgehead atoms. The lowest BCUT2D eigenvalue weighted by Gasteiger charge is -2.56. The minimum atomic E-state index is -0.269. The number of aliphatic hydroxyl groups is 1. The van der Waals surface area contributed by atoms with Gasteiger partial charge in [0.2, 0.25) is 0 Å². The van der Waals surface area contributed by atoms with Gasteiger partial charge in [0, 0.05) is 59.2 Å². The van der Waals surface area contributed by atoms with Crippen molar-refractivity contribution in [3.05, 3.63) is 48.3 Å². The number of fused-ring (bicyclic) bond motifs is 2. The van der Waals surface area contributed by atoms with Crippen molar-refractivity contribution in [2.45, 2.75) is 106 Å². The zero-order valence-corrected chi connectivity index (χ0v) is 22.7. The summed E-state index contributed by atoms with van der Waals surface area (Å²) in [6.07, 6.45) is 17.0. The Hall–Kier alpha value is -1.21. The van der Waals surface area contributed by atoms with E-state index in [9.17, 15) is 5.11 Å². The van der Waals surface area contributed by atoms with Gasteiger partial charge in [0.05, 0.1) is 31.2 Å². The minimum Gasteiger partial charge on any atom is -0.472 e. The van der Waals surface area contributed by atoms with Gasteiger partial charge in [-0.05, 0) is 87.3 Å². The molecule has 0 radical (unpaired) electrons. The molecule has 2 aromatic heterocycles. The lowest BCUT2D eigenvalue weighted by molar-refractivity contribution is -0.0710. The quantitative estimate of drug-likeness (QED) is 0.529. The van der Waals surface area contributed by atoms with E-state index in [1.807, 2.05) is 18.8 Å². The first-order chi connectivity index (χ1) is 17.5. The summed E-state index contributed by atoms with van der Waals surface area (Å²) in [5.74, 6) is 2.40. The van der Waals surface area contributed by atoms with Crippen molar-refractivity contribution in [2.75, 3.05) is 18.8 Å². The lowest BCUT2D eigenvalue weighted by atomic mass is 9.66. The van der Waals surface area contributed by atoms with Gasteiger partial charge in [-0.2, -0.15) is 11.8 Å². The first-order valence-corrected chi connectivity index (χ1v) is 15.3. The SMILES string of the molecule is C[C@@H]1CCC(c2ccoc2)N2C[C@@]3(CC[C@@H]12)CS[C@@]1(C[C@@H](O)C2[C@H](c4ccoc4)CC[C@@H](C)N2C1)C3. The molecule has 2 unspecified atom stereocenters. The van der Waals surface area contributed by atoms with Gasteiger partial charge in [0.25, 0.3) is 0 Å². The molecule has 0 aliphatic carbocycles. The van der Waals surface area contributed by atoms with Crippen molar-refractivity contribution in [3.8, 4) is 0 Å². The second kappa shape index (κ2) is 8.93. The Kier molecular flexibility index (Phi) is 5.92. The van der Waals surface area contributed by atoms with Crippen LogP contribution in [0.2, 0.25) is 0 Å². The summed E-state index contributed by atoms with van der Waals surface area (Å²) in [4.78, 5) is 5.58. The zero-order valence-electron chi connectivity index (χ0n) is 21.9. The maximum atomic E-state index is 11.7. The topological polar surface area (TPSA) is 53.0 Å². The Morgan fingerprint density at radius 3 is 2.53 bits per heavy atom. The Morgan fingerprint density at radius 2 is 1.75 bits per heavy atom. The third-order valence-electron chi connectivity index (χ3n) is 10.9. The lowest BCUT2D eigenvalue weighted by Crippen LogP contribution is -2.64. The molecule has 5 fully saturated rings. The van der Waals surface area contributed by atoms with E-state index in [1.54, 1.807) is 6.26 Å². The third-order valence-corrected chi connectivity index (χ3v) is 12.7. The summed E-state index contributed by atoms with van der Waals surface area (Å²) in [5, 5.41) is 11.7. The highest BCUT2D eigenvalue weighted by Gasteiger charge is 2.58. The molecule has 5 nitrogen and oxygen atoms in total. The highest BCUT2D eigenvalue weighted by atomic mass is 32.2. The highest BCUT2D eigenvalue weighted by Crippen LogP contribution is 2.60. The van der Waals surface area contributed by atoms with Crippen molar-refractivity contribution in [2.24, 2.45) is 11.3 Å². The molecule has 2 aromatic rings. The molecular weight excluding hydrogens is 468 g/mol. The molecule has 7 heterocycles. The molecule has 5 aliphatic rings. The number of rotatable bonds is 2. The van der Waals surface area contributed by atoms with Gasteiger partial charge in [0.1, 0.15) is 0 Å². The fourth-order valence-corrected chi connectivity index (χ4v) is 11.0. The molecule has 5 aliphatic heterocycles. The van der Waals surface area contributed by atoms with Gasteiger partial charge >= 0.3 is 0 Å². The van der Waals surface area contributed by atoms with Gasteiger partial charge in [-0.15, -0.1) is 0 Å².